The molecule has 2 unspecified atom stereocenters. The van der Waals surface area contributed by atoms with Crippen molar-refractivity contribution < 1.29 is 13.2 Å². The predicted molar refractivity (Wildman–Crippen MR) is 79.0 cm³/mol. The third-order valence-corrected chi connectivity index (χ3v) is 4.39. The van der Waals surface area contributed by atoms with Crippen LogP contribution in [0.5, 0.6) is 0 Å². The van der Waals surface area contributed by atoms with Gasteiger partial charge in [-0.05, 0) is 31.5 Å². The van der Waals surface area contributed by atoms with Gasteiger partial charge in [0, 0.05) is 25.8 Å². The third-order valence-electron chi connectivity index (χ3n) is 3.26. The first-order chi connectivity index (χ1) is 9.12. The number of rotatable bonds is 5. The van der Waals surface area contributed by atoms with Gasteiger partial charge in [-0.3, -0.25) is 4.79 Å². The number of nitrogens with zero attached hydrogens (tertiary/aromatic N) is 1. The minimum atomic E-state index is -3.19. The van der Waals surface area contributed by atoms with Gasteiger partial charge in [-0.2, -0.15) is 0 Å². The van der Waals surface area contributed by atoms with E-state index in [0.29, 0.717) is 6.42 Å². The van der Waals surface area contributed by atoms with Crippen molar-refractivity contribution in [3.8, 4) is 0 Å². The largest absolute Gasteiger partial charge is 0.339 e. The highest BCUT2D eigenvalue weighted by atomic mass is 32.2. The first-order valence-electron chi connectivity index (χ1n) is 6.44. The summed E-state index contributed by atoms with van der Waals surface area (Å²) in [6, 6.07) is 6.28. The smallest absolute Gasteiger partial charge is 0.224 e. The Hall–Kier alpha value is -1.40. The second-order valence-electron chi connectivity index (χ2n) is 5.20. The van der Waals surface area contributed by atoms with E-state index in [1.807, 2.05) is 6.92 Å². The standard InChI is InChI=1S/C14H22N2O3S/c1-10(15)9-14(17)16(3)11(2)12-5-7-13(8-6-12)20(4,18)19/h5-8,10-11H,9,15H2,1-4H3. The maximum atomic E-state index is 11.9. The van der Waals surface area contributed by atoms with E-state index in [2.05, 4.69) is 0 Å². The number of benzene rings is 1. The van der Waals surface area contributed by atoms with Crippen LogP contribution in [0.25, 0.3) is 0 Å². The summed E-state index contributed by atoms with van der Waals surface area (Å²) < 4.78 is 22.8. The van der Waals surface area contributed by atoms with Crippen LogP contribution >= 0.6 is 0 Å². The first-order valence-corrected chi connectivity index (χ1v) is 8.33. The fourth-order valence-electron chi connectivity index (χ4n) is 1.85. The molecule has 0 aromatic heterocycles. The maximum Gasteiger partial charge on any atom is 0.224 e. The van der Waals surface area contributed by atoms with Crippen molar-refractivity contribution in [1.82, 2.24) is 4.90 Å². The summed E-state index contributed by atoms with van der Waals surface area (Å²) in [6.07, 6.45) is 1.46. The number of hydrogen-bond acceptors (Lipinski definition) is 4. The van der Waals surface area contributed by atoms with Gasteiger partial charge in [0.05, 0.1) is 10.9 Å². The van der Waals surface area contributed by atoms with Gasteiger partial charge >= 0.3 is 0 Å². The Kier molecular flexibility index (Phi) is 5.30. The van der Waals surface area contributed by atoms with Gasteiger partial charge in [-0.1, -0.05) is 12.1 Å². The van der Waals surface area contributed by atoms with Crippen molar-refractivity contribution in [1.29, 1.82) is 0 Å². The quantitative estimate of drug-likeness (QED) is 0.889. The molecular weight excluding hydrogens is 276 g/mol. The van der Waals surface area contributed by atoms with E-state index in [1.54, 1.807) is 43.1 Å². The average molecular weight is 298 g/mol. The summed E-state index contributed by atoms with van der Waals surface area (Å²) in [7, 11) is -1.47. The van der Waals surface area contributed by atoms with Crippen molar-refractivity contribution in [2.45, 2.75) is 37.2 Å². The van der Waals surface area contributed by atoms with E-state index >= 15 is 0 Å². The summed E-state index contributed by atoms with van der Waals surface area (Å²) in [5, 5.41) is 0. The first kappa shape index (κ1) is 16.7. The van der Waals surface area contributed by atoms with E-state index < -0.39 is 9.84 Å². The van der Waals surface area contributed by atoms with Gasteiger partial charge in [0.2, 0.25) is 5.91 Å². The molecule has 1 amide bonds. The number of sulfone groups is 1. The lowest BCUT2D eigenvalue weighted by Crippen LogP contribution is -2.33. The molecule has 20 heavy (non-hydrogen) atoms. The van der Waals surface area contributed by atoms with Gasteiger partial charge in [0.1, 0.15) is 0 Å². The molecule has 1 aromatic carbocycles. The molecule has 0 fully saturated rings. The summed E-state index contributed by atoms with van der Waals surface area (Å²) >= 11 is 0. The van der Waals surface area contributed by atoms with E-state index in [0.717, 1.165) is 5.56 Å². The summed E-state index contributed by atoms with van der Waals surface area (Å²) in [5.41, 5.74) is 6.51. The van der Waals surface area contributed by atoms with Crippen molar-refractivity contribution in [3.63, 3.8) is 0 Å². The zero-order valence-electron chi connectivity index (χ0n) is 12.3. The molecule has 1 aromatic rings. The van der Waals surface area contributed by atoms with Crippen LogP contribution in [-0.4, -0.2) is 38.6 Å². The lowest BCUT2D eigenvalue weighted by atomic mass is 10.1. The SMILES string of the molecule is CC(N)CC(=O)N(C)C(C)c1ccc(S(C)(=O)=O)cc1. The minimum absolute atomic E-state index is 0.0281. The highest BCUT2D eigenvalue weighted by molar-refractivity contribution is 7.90. The second kappa shape index (κ2) is 6.37. The Morgan fingerprint density at radius 1 is 1.25 bits per heavy atom. The van der Waals surface area contributed by atoms with Gasteiger partial charge in [-0.25, -0.2) is 8.42 Å². The topological polar surface area (TPSA) is 80.5 Å². The molecule has 2 N–H and O–H groups in total. The third kappa shape index (κ3) is 4.31. The van der Waals surface area contributed by atoms with E-state index in [1.165, 1.54) is 6.26 Å². The normalized spacial score (nSPS) is 14.7. The molecule has 0 aliphatic carbocycles. The molecule has 0 spiro atoms. The van der Waals surface area contributed by atoms with Gasteiger partial charge < -0.3 is 10.6 Å². The van der Waals surface area contributed by atoms with Crippen LogP contribution in [-0.2, 0) is 14.6 Å². The van der Waals surface area contributed by atoms with E-state index in [9.17, 15) is 13.2 Å². The van der Waals surface area contributed by atoms with Crippen LogP contribution in [0.2, 0.25) is 0 Å². The molecule has 6 heteroatoms. The van der Waals surface area contributed by atoms with Gasteiger partial charge in [0.25, 0.3) is 0 Å². The summed E-state index contributed by atoms with van der Waals surface area (Å²) in [5.74, 6) is -0.0281. The van der Waals surface area contributed by atoms with E-state index in [4.69, 9.17) is 5.73 Å². The lowest BCUT2D eigenvalue weighted by molar-refractivity contribution is -0.132. The van der Waals surface area contributed by atoms with Crippen LogP contribution in [0, 0.1) is 0 Å². The molecule has 0 aliphatic rings. The van der Waals surface area contributed by atoms with Crippen molar-refractivity contribution in [2.75, 3.05) is 13.3 Å². The minimum Gasteiger partial charge on any atom is -0.339 e. The Morgan fingerprint density at radius 2 is 1.75 bits per heavy atom. The molecule has 0 bridgehead atoms. The monoisotopic (exact) mass is 298 g/mol. The Balaban J connectivity index is 2.87. The highest BCUT2D eigenvalue weighted by Gasteiger charge is 2.18. The second-order valence-corrected chi connectivity index (χ2v) is 7.22. The Labute approximate surface area is 120 Å². The molecule has 1 rings (SSSR count). The molecule has 0 aliphatic heterocycles. The van der Waals surface area contributed by atoms with Crippen LogP contribution in [0.3, 0.4) is 0 Å². The molecule has 2 atom stereocenters. The molecule has 0 radical (unpaired) electrons. The zero-order valence-corrected chi connectivity index (χ0v) is 13.1. The zero-order chi connectivity index (χ0) is 15.5. The van der Waals surface area contributed by atoms with Gasteiger partial charge in [-0.15, -0.1) is 0 Å². The fourth-order valence-corrected chi connectivity index (χ4v) is 2.48. The molecule has 112 valence electrons. The summed E-state index contributed by atoms with van der Waals surface area (Å²) in [4.78, 5) is 13.8. The number of carbonyl (C=O) groups is 1. The molecule has 0 saturated heterocycles. The average Bonchev–Trinajstić information content (AvgIpc) is 2.35. The van der Waals surface area contributed by atoms with Crippen molar-refractivity contribution >= 4 is 15.7 Å². The number of amides is 1. The predicted octanol–water partition coefficient (Wildman–Crippen LogP) is 1.35. The van der Waals surface area contributed by atoms with Crippen molar-refractivity contribution in [2.24, 2.45) is 5.73 Å². The molecular formula is C14H22N2O3S. The van der Waals surface area contributed by atoms with Crippen molar-refractivity contribution in [3.05, 3.63) is 29.8 Å². The summed E-state index contributed by atoms with van der Waals surface area (Å²) in [6.45, 7) is 3.69. The number of carbonyl (C=O) groups excluding carboxylic acids is 1. The number of nitrogens with two attached hydrogens (primary N) is 1. The molecule has 5 nitrogen and oxygen atoms in total. The number of hydrogen-bond donors (Lipinski definition) is 1. The van der Waals surface area contributed by atoms with E-state index in [-0.39, 0.29) is 22.9 Å². The highest BCUT2D eigenvalue weighted by Crippen LogP contribution is 2.21. The Bertz CT molecular complexity index is 565. The van der Waals surface area contributed by atoms with Crippen LogP contribution in [0.15, 0.2) is 29.2 Å². The van der Waals surface area contributed by atoms with Crippen LogP contribution in [0.1, 0.15) is 31.9 Å². The van der Waals surface area contributed by atoms with Gasteiger partial charge in [0.15, 0.2) is 9.84 Å². The Morgan fingerprint density at radius 3 is 2.15 bits per heavy atom. The molecule has 0 saturated carbocycles. The molecule has 0 heterocycles. The fraction of sp³-hybridized carbons (Fsp3) is 0.500. The maximum absolute atomic E-state index is 11.9. The van der Waals surface area contributed by atoms with Crippen LogP contribution < -0.4 is 5.73 Å². The lowest BCUT2D eigenvalue weighted by Gasteiger charge is -2.26. The van der Waals surface area contributed by atoms with Crippen LogP contribution in [0.4, 0.5) is 0 Å².